The molecule has 132 valence electrons. The Kier molecular flexibility index (Phi) is 5.59. The van der Waals surface area contributed by atoms with Gasteiger partial charge in [0.15, 0.2) is 0 Å². The van der Waals surface area contributed by atoms with E-state index in [1.54, 1.807) is 4.90 Å². The van der Waals surface area contributed by atoms with Crippen molar-refractivity contribution in [1.82, 2.24) is 9.88 Å². The van der Waals surface area contributed by atoms with E-state index in [-0.39, 0.29) is 0 Å². The number of aryl methyl sites for hydroxylation is 1. The standard InChI is InChI=1S/C19H29N3O2/c1-15-3-2-4-18(20-15)21-11-7-16(8-12-21)5-6-17-9-13-22(14-10-17)19(23)24/h2-4,16-17H,5-14H2,1H3,(H,23,24). The number of likely N-dealkylation sites (tertiary alicyclic amines) is 1. The van der Waals surface area contributed by atoms with Crippen LogP contribution >= 0.6 is 0 Å². The van der Waals surface area contributed by atoms with Gasteiger partial charge in [0.25, 0.3) is 0 Å². The molecule has 1 aromatic heterocycles. The fraction of sp³-hybridized carbons (Fsp3) is 0.684. The molecule has 2 aliphatic heterocycles. The summed E-state index contributed by atoms with van der Waals surface area (Å²) in [5.41, 5.74) is 1.09. The summed E-state index contributed by atoms with van der Waals surface area (Å²) in [4.78, 5) is 19.6. The quantitative estimate of drug-likeness (QED) is 0.912. The molecule has 5 nitrogen and oxygen atoms in total. The third-order valence-corrected chi connectivity index (χ3v) is 5.68. The minimum atomic E-state index is -0.759. The molecule has 0 aliphatic carbocycles. The summed E-state index contributed by atoms with van der Waals surface area (Å²) in [6, 6.07) is 6.25. The van der Waals surface area contributed by atoms with Crippen molar-refractivity contribution >= 4 is 11.9 Å². The van der Waals surface area contributed by atoms with Gasteiger partial charge in [0.1, 0.15) is 5.82 Å². The molecule has 0 unspecified atom stereocenters. The third-order valence-electron chi connectivity index (χ3n) is 5.68. The van der Waals surface area contributed by atoms with Crippen LogP contribution in [0.1, 0.15) is 44.2 Å². The van der Waals surface area contributed by atoms with E-state index in [1.165, 1.54) is 25.7 Å². The lowest BCUT2D eigenvalue weighted by atomic mass is 9.85. The second-order valence-corrected chi connectivity index (χ2v) is 7.36. The van der Waals surface area contributed by atoms with Crippen LogP contribution in [0.5, 0.6) is 0 Å². The van der Waals surface area contributed by atoms with Gasteiger partial charge in [-0.1, -0.05) is 18.9 Å². The average molecular weight is 331 g/mol. The minimum absolute atomic E-state index is 0.720. The molecule has 3 rings (SSSR count). The van der Waals surface area contributed by atoms with Crippen molar-refractivity contribution < 1.29 is 9.90 Å². The Morgan fingerprint density at radius 3 is 2.21 bits per heavy atom. The van der Waals surface area contributed by atoms with Crippen LogP contribution in [0.15, 0.2) is 18.2 Å². The Morgan fingerprint density at radius 1 is 1.08 bits per heavy atom. The number of piperidine rings is 2. The number of rotatable bonds is 4. The number of amides is 1. The molecule has 0 saturated carbocycles. The molecule has 0 spiro atoms. The Bertz CT molecular complexity index is 547. The highest BCUT2D eigenvalue weighted by atomic mass is 16.4. The summed E-state index contributed by atoms with van der Waals surface area (Å²) in [5.74, 6) is 2.66. The highest BCUT2D eigenvalue weighted by Crippen LogP contribution is 2.29. The predicted molar refractivity (Wildman–Crippen MR) is 95.5 cm³/mol. The molecule has 0 atom stereocenters. The molecule has 1 N–H and O–H groups in total. The average Bonchev–Trinajstić information content (AvgIpc) is 2.61. The second kappa shape index (κ2) is 7.86. The topological polar surface area (TPSA) is 56.7 Å². The van der Waals surface area contributed by atoms with Crippen LogP contribution < -0.4 is 4.90 Å². The van der Waals surface area contributed by atoms with Gasteiger partial charge in [-0.3, -0.25) is 0 Å². The first-order valence-electron chi connectivity index (χ1n) is 9.28. The highest BCUT2D eigenvalue weighted by Gasteiger charge is 2.25. The number of pyridine rings is 1. The zero-order chi connectivity index (χ0) is 16.9. The zero-order valence-corrected chi connectivity index (χ0v) is 14.7. The maximum absolute atomic E-state index is 11.0. The molecule has 0 aromatic carbocycles. The van der Waals surface area contributed by atoms with Crippen LogP contribution in [0.25, 0.3) is 0 Å². The van der Waals surface area contributed by atoms with E-state index < -0.39 is 6.09 Å². The molecule has 1 amide bonds. The molecule has 0 radical (unpaired) electrons. The lowest BCUT2D eigenvalue weighted by molar-refractivity contribution is 0.121. The number of anilines is 1. The maximum atomic E-state index is 11.0. The number of carboxylic acid groups (broad SMARTS) is 1. The molecule has 3 heterocycles. The number of nitrogens with zero attached hydrogens (tertiary/aromatic N) is 3. The van der Waals surface area contributed by atoms with E-state index in [2.05, 4.69) is 22.0 Å². The van der Waals surface area contributed by atoms with Crippen molar-refractivity contribution in [3.05, 3.63) is 23.9 Å². The summed E-state index contributed by atoms with van der Waals surface area (Å²) < 4.78 is 0. The van der Waals surface area contributed by atoms with Crippen molar-refractivity contribution in [2.45, 2.75) is 45.4 Å². The summed E-state index contributed by atoms with van der Waals surface area (Å²) in [6.07, 6.45) is 6.39. The molecule has 24 heavy (non-hydrogen) atoms. The molecule has 2 aliphatic rings. The van der Waals surface area contributed by atoms with Gasteiger partial charge in [-0.25, -0.2) is 9.78 Å². The number of hydrogen-bond donors (Lipinski definition) is 1. The van der Waals surface area contributed by atoms with Crippen LogP contribution in [0.3, 0.4) is 0 Å². The third kappa shape index (κ3) is 4.40. The largest absolute Gasteiger partial charge is 0.465 e. The van der Waals surface area contributed by atoms with Crippen molar-refractivity contribution in [1.29, 1.82) is 0 Å². The summed E-state index contributed by atoms with van der Waals surface area (Å²) >= 11 is 0. The molecule has 5 heteroatoms. The molecule has 0 bridgehead atoms. The van der Waals surface area contributed by atoms with Crippen LogP contribution in [0.4, 0.5) is 10.6 Å². The first-order chi connectivity index (χ1) is 11.6. The van der Waals surface area contributed by atoms with Crippen molar-refractivity contribution in [2.75, 3.05) is 31.1 Å². The van der Waals surface area contributed by atoms with Crippen LogP contribution in [0.2, 0.25) is 0 Å². The Morgan fingerprint density at radius 2 is 1.67 bits per heavy atom. The first kappa shape index (κ1) is 17.1. The summed E-state index contributed by atoms with van der Waals surface area (Å²) in [7, 11) is 0. The normalized spacial score (nSPS) is 20.4. The van der Waals surface area contributed by atoms with Gasteiger partial charge in [0.2, 0.25) is 0 Å². The fourth-order valence-electron chi connectivity index (χ4n) is 4.04. The Balaban J connectivity index is 1.38. The fourth-order valence-corrected chi connectivity index (χ4v) is 4.04. The number of hydrogen-bond acceptors (Lipinski definition) is 3. The van der Waals surface area contributed by atoms with E-state index in [1.807, 2.05) is 13.0 Å². The van der Waals surface area contributed by atoms with Gasteiger partial charge in [-0.2, -0.15) is 0 Å². The number of aromatic nitrogens is 1. The minimum Gasteiger partial charge on any atom is -0.465 e. The molecule has 2 saturated heterocycles. The van der Waals surface area contributed by atoms with Crippen molar-refractivity contribution in [2.24, 2.45) is 11.8 Å². The van der Waals surface area contributed by atoms with Gasteiger partial charge >= 0.3 is 6.09 Å². The van der Waals surface area contributed by atoms with Crippen LogP contribution in [-0.2, 0) is 0 Å². The lowest BCUT2D eigenvalue weighted by Gasteiger charge is -2.34. The number of carbonyl (C=O) groups is 1. The van der Waals surface area contributed by atoms with E-state index in [4.69, 9.17) is 5.11 Å². The van der Waals surface area contributed by atoms with Gasteiger partial charge in [0.05, 0.1) is 0 Å². The van der Waals surface area contributed by atoms with Crippen molar-refractivity contribution in [3.63, 3.8) is 0 Å². The van der Waals surface area contributed by atoms with E-state index >= 15 is 0 Å². The maximum Gasteiger partial charge on any atom is 0.407 e. The smallest absolute Gasteiger partial charge is 0.407 e. The molecule has 1 aromatic rings. The SMILES string of the molecule is Cc1cccc(N2CCC(CCC3CCN(C(=O)O)CC3)CC2)n1. The molecular weight excluding hydrogens is 302 g/mol. The first-order valence-corrected chi connectivity index (χ1v) is 9.28. The molecular formula is C19H29N3O2. The van der Waals surface area contributed by atoms with Gasteiger partial charge in [0, 0.05) is 31.9 Å². The summed E-state index contributed by atoms with van der Waals surface area (Å²) in [5, 5.41) is 9.01. The highest BCUT2D eigenvalue weighted by molar-refractivity contribution is 5.64. The van der Waals surface area contributed by atoms with Crippen molar-refractivity contribution in [3.8, 4) is 0 Å². The molecule has 2 fully saturated rings. The Labute approximate surface area is 144 Å². The van der Waals surface area contributed by atoms with Gasteiger partial charge in [-0.15, -0.1) is 0 Å². The van der Waals surface area contributed by atoms with E-state index in [0.717, 1.165) is 62.4 Å². The van der Waals surface area contributed by atoms with Gasteiger partial charge in [-0.05, 0) is 56.6 Å². The second-order valence-electron chi connectivity index (χ2n) is 7.36. The van der Waals surface area contributed by atoms with Crippen LogP contribution in [-0.4, -0.2) is 47.3 Å². The van der Waals surface area contributed by atoms with E-state index in [9.17, 15) is 4.79 Å². The predicted octanol–water partition coefficient (Wildman–Crippen LogP) is 3.78. The van der Waals surface area contributed by atoms with E-state index in [0.29, 0.717) is 0 Å². The summed E-state index contributed by atoms with van der Waals surface area (Å²) in [6.45, 7) is 5.71. The zero-order valence-electron chi connectivity index (χ0n) is 14.7. The Hall–Kier alpha value is -1.78. The van der Waals surface area contributed by atoms with Gasteiger partial charge < -0.3 is 14.9 Å². The lowest BCUT2D eigenvalue weighted by Crippen LogP contribution is -2.38. The van der Waals surface area contributed by atoms with Crippen LogP contribution in [0, 0.1) is 18.8 Å². The monoisotopic (exact) mass is 331 g/mol.